The molecule has 0 saturated heterocycles. The summed E-state index contributed by atoms with van der Waals surface area (Å²) in [6.45, 7) is 0.508. The van der Waals surface area contributed by atoms with E-state index >= 15 is 0 Å². The molecule has 0 bridgehead atoms. The Balaban J connectivity index is 1.85. The number of benzene rings is 1. The number of rotatable bonds is 3. The Hall–Kier alpha value is -1.94. The normalized spacial score (nSPS) is 17.2. The fourth-order valence-corrected chi connectivity index (χ4v) is 2.96. The van der Waals surface area contributed by atoms with Crippen LogP contribution in [0.4, 0.5) is 0 Å². The first kappa shape index (κ1) is 13.1. The maximum absolute atomic E-state index is 12.4. The second-order valence-electron chi connectivity index (χ2n) is 5.56. The molecule has 0 aliphatic heterocycles. The van der Waals surface area contributed by atoms with Gasteiger partial charge in [-0.1, -0.05) is 18.9 Å². The van der Waals surface area contributed by atoms with Crippen molar-refractivity contribution < 1.29 is 4.79 Å². The van der Waals surface area contributed by atoms with E-state index in [1.807, 2.05) is 30.3 Å². The van der Waals surface area contributed by atoms with Crippen LogP contribution in [0, 0.1) is 0 Å². The first-order valence-electron chi connectivity index (χ1n) is 7.10. The molecule has 20 heavy (non-hydrogen) atoms. The molecule has 4 nitrogen and oxygen atoms in total. The third kappa shape index (κ3) is 2.39. The SMILES string of the molecule is NCC1(NC(=O)c2ccc3ncccc3c2)CCCC1. The van der Waals surface area contributed by atoms with Gasteiger partial charge in [0.05, 0.1) is 11.1 Å². The van der Waals surface area contributed by atoms with Gasteiger partial charge in [-0.3, -0.25) is 9.78 Å². The molecule has 2 aromatic rings. The molecule has 1 aliphatic carbocycles. The first-order valence-corrected chi connectivity index (χ1v) is 7.10. The highest BCUT2D eigenvalue weighted by Crippen LogP contribution is 2.29. The molecule has 1 amide bonds. The van der Waals surface area contributed by atoms with Crippen LogP contribution in [0.15, 0.2) is 36.5 Å². The Morgan fingerprint density at radius 2 is 2.10 bits per heavy atom. The molecular formula is C16H19N3O. The molecule has 1 heterocycles. The topological polar surface area (TPSA) is 68.0 Å². The van der Waals surface area contributed by atoms with Crippen LogP contribution < -0.4 is 11.1 Å². The van der Waals surface area contributed by atoms with Gasteiger partial charge in [-0.2, -0.15) is 0 Å². The average molecular weight is 269 g/mol. The van der Waals surface area contributed by atoms with Gasteiger partial charge in [-0.15, -0.1) is 0 Å². The Kier molecular flexibility index (Phi) is 3.40. The number of aromatic nitrogens is 1. The number of nitrogens with zero attached hydrogens (tertiary/aromatic N) is 1. The van der Waals surface area contributed by atoms with Gasteiger partial charge in [-0.25, -0.2) is 0 Å². The van der Waals surface area contributed by atoms with Crippen molar-refractivity contribution in [3.05, 3.63) is 42.1 Å². The van der Waals surface area contributed by atoms with E-state index in [0.29, 0.717) is 12.1 Å². The van der Waals surface area contributed by atoms with Gasteiger partial charge in [0, 0.05) is 23.7 Å². The van der Waals surface area contributed by atoms with Gasteiger partial charge in [0.15, 0.2) is 0 Å². The van der Waals surface area contributed by atoms with Crippen molar-refractivity contribution in [3.63, 3.8) is 0 Å². The monoisotopic (exact) mass is 269 g/mol. The van der Waals surface area contributed by atoms with E-state index in [4.69, 9.17) is 5.73 Å². The molecule has 1 saturated carbocycles. The van der Waals surface area contributed by atoms with Crippen molar-refractivity contribution in [2.75, 3.05) is 6.54 Å². The maximum atomic E-state index is 12.4. The molecule has 0 spiro atoms. The summed E-state index contributed by atoms with van der Waals surface area (Å²) in [7, 11) is 0. The lowest BCUT2D eigenvalue weighted by Crippen LogP contribution is -2.51. The van der Waals surface area contributed by atoms with Crippen LogP contribution in [0.25, 0.3) is 10.9 Å². The second kappa shape index (κ2) is 5.21. The fraction of sp³-hybridized carbons (Fsp3) is 0.375. The predicted octanol–water partition coefficient (Wildman–Crippen LogP) is 2.24. The highest BCUT2D eigenvalue weighted by atomic mass is 16.1. The number of carbonyl (C=O) groups excluding carboxylic acids is 1. The number of hydrogen-bond donors (Lipinski definition) is 2. The largest absolute Gasteiger partial charge is 0.345 e. The van der Waals surface area contributed by atoms with Gasteiger partial charge in [0.2, 0.25) is 0 Å². The highest BCUT2D eigenvalue weighted by Gasteiger charge is 2.34. The smallest absolute Gasteiger partial charge is 0.251 e. The summed E-state index contributed by atoms with van der Waals surface area (Å²) in [5, 5.41) is 4.12. The summed E-state index contributed by atoms with van der Waals surface area (Å²) >= 11 is 0. The number of amides is 1. The van der Waals surface area contributed by atoms with Crippen LogP contribution in [-0.4, -0.2) is 23.0 Å². The summed E-state index contributed by atoms with van der Waals surface area (Å²) in [6, 6.07) is 9.43. The summed E-state index contributed by atoms with van der Waals surface area (Å²) in [4.78, 5) is 16.7. The third-order valence-corrected chi connectivity index (χ3v) is 4.20. The summed E-state index contributed by atoms with van der Waals surface area (Å²) in [5.74, 6) is -0.0388. The van der Waals surface area contributed by atoms with Gasteiger partial charge in [-0.05, 0) is 37.1 Å². The fourth-order valence-electron chi connectivity index (χ4n) is 2.96. The number of hydrogen-bond acceptors (Lipinski definition) is 3. The number of nitrogens with two attached hydrogens (primary N) is 1. The van der Waals surface area contributed by atoms with Gasteiger partial charge in [0.25, 0.3) is 5.91 Å². The first-order chi connectivity index (χ1) is 9.72. The van der Waals surface area contributed by atoms with Crippen LogP contribution in [0.3, 0.4) is 0 Å². The summed E-state index contributed by atoms with van der Waals surface area (Å²) in [5.41, 5.74) is 7.23. The zero-order valence-electron chi connectivity index (χ0n) is 11.4. The van der Waals surface area contributed by atoms with Crippen LogP contribution in [0.5, 0.6) is 0 Å². The van der Waals surface area contributed by atoms with Crippen molar-refractivity contribution in [1.82, 2.24) is 10.3 Å². The van der Waals surface area contributed by atoms with E-state index in [-0.39, 0.29) is 11.4 Å². The predicted molar refractivity (Wildman–Crippen MR) is 79.5 cm³/mol. The molecule has 1 aromatic heterocycles. The Labute approximate surface area is 118 Å². The van der Waals surface area contributed by atoms with Gasteiger partial charge in [0.1, 0.15) is 0 Å². The van der Waals surface area contributed by atoms with Crippen LogP contribution in [0.2, 0.25) is 0 Å². The van der Waals surface area contributed by atoms with Crippen molar-refractivity contribution in [2.24, 2.45) is 5.73 Å². The molecule has 4 heteroatoms. The van der Waals surface area contributed by atoms with Crippen molar-refractivity contribution in [2.45, 2.75) is 31.2 Å². The molecular weight excluding hydrogens is 250 g/mol. The summed E-state index contributed by atoms with van der Waals surface area (Å²) in [6.07, 6.45) is 5.98. The minimum absolute atomic E-state index is 0.0388. The number of carbonyl (C=O) groups is 1. The van der Waals surface area contributed by atoms with E-state index in [9.17, 15) is 4.79 Å². The van der Waals surface area contributed by atoms with Gasteiger partial charge < -0.3 is 11.1 Å². The lowest BCUT2D eigenvalue weighted by molar-refractivity contribution is 0.0903. The van der Waals surface area contributed by atoms with E-state index in [1.54, 1.807) is 6.20 Å². The molecule has 1 fully saturated rings. The van der Waals surface area contributed by atoms with Crippen molar-refractivity contribution >= 4 is 16.8 Å². The van der Waals surface area contributed by atoms with Crippen molar-refractivity contribution in [1.29, 1.82) is 0 Å². The maximum Gasteiger partial charge on any atom is 0.251 e. The Morgan fingerprint density at radius 1 is 1.30 bits per heavy atom. The summed E-state index contributed by atoms with van der Waals surface area (Å²) < 4.78 is 0. The average Bonchev–Trinajstić information content (AvgIpc) is 2.96. The molecule has 0 radical (unpaired) electrons. The third-order valence-electron chi connectivity index (χ3n) is 4.20. The van der Waals surface area contributed by atoms with Gasteiger partial charge >= 0.3 is 0 Å². The highest BCUT2D eigenvalue weighted by molar-refractivity contribution is 5.98. The Morgan fingerprint density at radius 3 is 2.85 bits per heavy atom. The van der Waals surface area contributed by atoms with E-state index in [2.05, 4.69) is 10.3 Å². The second-order valence-corrected chi connectivity index (χ2v) is 5.56. The standard InChI is InChI=1S/C16H19N3O/c17-11-16(7-1-2-8-16)19-15(20)13-5-6-14-12(10-13)4-3-9-18-14/h3-6,9-10H,1-2,7-8,11,17H2,(H,19,20). The van der Waals surface area contributed by atoms with Crippen LogP contribution in [0.1, 0.15) is 36.0 Å². The zero-order valence-corrected chi connectivity index (χ0v) is 11.4. The molecule has 0 atom stereocenters. The molecule has 3 N–H and O–H groups in total. The lowest BCUT2D eigenvalue weighted by Gasteiger charge is -2.28. The number of nitrogens with one attached hydrogen (secondary N) is 1. The molecule has 1 aliphatic rings. The Bertz CT molecular complexity index is 632. The van der Waals surface area contributed by atoms with Crippen LogP contribution >= 0.6 is 0 Å². The van der Waals surface area contributed by atoms with E-state index in [1.165, 1.54) is 0 Å². The van der Waals surface area contributed by atoms with Crippen molar-refractivity contribution in [3.8, 4) is 0 Å². The lowest BCUT2D eigenvalue weighted by atomic mass is 9.97. The van der Waals surface area contributed by atoms with Crippen LogP contribution in [-0.2, 0) is 0 Å². The minimum atomic E-state index is -0.207. The molecule has 1 aromatic carbocycles. The molecule has 0 unspecified atom stereocenters. The van der Waals surface area contributed by atoms with E-state index in [0.717, 1.165) is 36.6 Å². The zero-order chi connectivity index (χ0) is 14.0. The number of fused-ring (bicyclic) bond motifs is 1. The molecule has 104 valence electrons. The van der Waals surface area contributed by atoms with E-state index < -0.39 is 0 Å². The quantitative estimate of drug-likeness (QED) is 0.898. The molecule has 3 rings (SSSR count). The number of pyridine rings is 1. The minimum Gasteiger partial charge on any atom is -0.345 e.